The molecule has 1 aromatic heterocycles. The minimum atomic E-state index is -0.489. The molecule has 0 saturated heterocycles. The molecule has 0 N–H and O–H groups in total. The van der Waals surface area contributed by atoms with Gasteiger partial charge < -0.3 is 10.1 Å². The Morgan fingerprint density at radius 2 is 2.25 bits per heavy atom. The molecule has 0 aliphatic rings. The predicted octanol–water partition coefficient (Wildman–Crippen LogP) is 1.51. The van der Waals surface area contributed by atoms with Gasteiger partial charge in [-0.2, -0.15) is 0 Å². The zero-order valence-electron chi connectivity index (χ0n) is 6.89. The molecule has 0 aliphatic heterocycles. The summed E-state index contributed by atoms with van der Waals surface area (Å²) in [6.07, 6.45) is 2.67. The first-order valence-corrected chi connectivity index (χ1v) is 3.57. The first-order chi connectivity index (χ1) is 5.63. The molecule has 5 nitrogen and oxygen atoms in total. The van der Waals surface area contributed by atoms with Gasteiger partial charge in [-0.05, 0) is 15.8 Å². The highest BCUT2D eigenvalue weighted by atomic mass is 16.6. The lowest BCUT2D eigenvalue weighted by atomic mass is 10.1. The Hall–Kier alpha value is -1.52. The molecule has 0 atom stereocenters. The summed E-state index contributed by atoms with van der Waals surface area (Å²) in [5.74, 6) is -0.0217. The molecule has 1 aromatic rings. The van der Waals surface area contributed by atoms with Crippen LogP contribution in [0.5, 0.6) is 0 Å². The summed E-state index contributed by atoms with van der Waals surface area (Å²) in [5, 5.41) is 10.4. The predicted molar refractivity (Wildman–Crippen MR) is 42.8 cm³/mol. The minimum Gasteiger partial charge on any atom is -0.358 e. The van der Waals surface area contributed by atoms with Gasteiger partial charge in [0.05, 0.1) is 5.56 Å². The molecule has 5 heteroatoms. The van der Waals surface area contributed by atoms with Gasteiger partial charge in [0.1, 0.15) is 0 Å². The van der Waals surface area contributed by atoms with E-state index in [0.717, 1.165) is 0 Å². The number of rotatable bonds is 2. The van der Waals surface area contributed by atoms with E-state index < -0.39 is 4.92 Å². The smallest absolute Gasteiger partial charge is 0.358 e. The number of hydrogen-bond acceptors (Lipinski definition) is 4. The van der Waals surface area contributed by atoms with Crippen LogP contribution < -0.4 is 0 Å². The lowest BCUT2D eigenvalue weighted by Crippen LogP contribution is -2.00. The lowest BCUT2D eigenvalue weighted by molar-refractivity contribution is -0.390. The zero-order valence-corrected chi connectivity index (χ0v) is 6.89. The Balaban J connectivity index is 3.17. The lowest BCUT2D eigenvalue weighted by Gasteiger charge is -2.02. The molecule has 0 radical (unpaired) electrons. The van der Waals surface area contributed by atoms with Crippen molar-refractivity contribution < 1.29 is 4.92 Å². The largest absolute Gasteiger partial charge is 0.370 e. The van der Waals surface area contributed by atoms with Crippen LogP contribution in [-0.4, -0.2) is 14.9 Å². The van der Waals surface area contributed by atoms with Crippen LogP contribution in [0.15, 0.2) is 12.5 Å². The third kappa shape index (κ3) is 1.55. The summed E-state index contributed by atoms with van der Waals surface area (Å²) >= 11 is 0. The molecule has 0 aliphatic carbocycles. The van der Waals surface area contributed by atoms with Crippen molar-refractivity contribution in [1.82, 2.24) is 9.97 Å². The Kier molecular flexibility index (Phi) is 2.32. The number of hydrogen-bond donors (Lipinski definition) is 0. The van der Waals surface area contributed by atoms with Crippen LogP contribution in [0.4, 0.5) is 5.82 Å². The number of aromatic nitrogens is 2. The second kappa shape index (κ2) is 3.25. The van der Waals surface area contributed by atoms with Crippen LogP contribution in [0.25, 0.3) is 0 Å². The van der Waals surface area contributed by atoms with E-state index in [1.54, 1.807) is 0 Å². The SMILES string of the molecule is CC(C)c1cncnc1[N+](=O)[O-]. The highest BCUT2D eigenvalue weighted by Crippen LogP contribution is 2.21. The van der Waals surface area contributed by atoms with Crippen LogP contribution >= 0.6 is 0 Å². The van der Waals surface area contributed by atoms with Crippen LogP contribution in [0.2, 0.25) is 0 Å². The summed E-state index contributed by atoms with van der Waals surface area (Å²) in [6.45, 7) is 3.73. The average molecular weight is 167 g/mol. The van der Waals surface area contributed by atoms with Crippen LogP contribution in [0.1, 0.15) is 25.3 Å². The molecule has 12 heavy (non-hydrogen) atoms. The standard InChI is InChI=1S/C7H9N3O2/c1-5(2)6-3-8-4-9-7(6)10(11)12/h3-5H,1-2H3. The summed E-state index contributed by atoms with van der Waals surface area (Å²) < 4.78 is 0. The zero-order chi connectivity index (χ0) is 9.14. The molecular weight excluding hydrogens is 158 g/mol. The van der Waals surface area contributed by atoms with Gasteiger partial charge in [0.2, 0.25) is 6.33 Å². The van der Waals surface area contributed by atoms with Gasteiger partial charge in [0.15, 0.2) is 0 Å². The maximum Gasteiger partial charge on any atom is 0.370 e. The summed E-state index contributed by atoms with van der Waals surface area (Å²) in [7, 11) is 0. The van der Waals surface area contributed by atoms with Gasteiger partial charge in [0, 0.05) is 6.20 Å². The molecule has 0 unspecified atom stereocenters. The van der Waals surface area contributed by atoms with E-state index in [1.807, 2.05) is 13.8 Å². The monoisotopic (exact) mass is 167 g/mol. The Morgan fingerprint density at radius 3 is 2.67 bits per heavy atom. The van der Waals surface area contributed by atoms with E-state index in [1.165, 1.54) is 12.5 Å². The fourth-order valence-corrected chi connectivity index (χ4v) is 0.894. The fraction of sp³-hybridized carbons (Fsp3) is 0.429. The summed E-state index contributed by atoms with van der Waals surface area (Å²) in [4.78, 5) is 17.3. The number of nitro groups is 1. The van der Waals surface area contributed by atoms with Crippen LogP contribution in [0, 0.1) is 10.1 Å². The quantitative estimate of drug-likeness (QED) is 0.494. The van der Waals surface area contributed by atoms with E-state index >= 15 is 0 Å². The highest BCUT2D eigenvalue weighted by molar-refractivity contribution is 5.31. The molecule has 0 fully saturated rings. The first-order valence-electron chi connectivity index (χ1n) is 3.57. The topological polar surface area (TPSA) is 68.9 Å². The second-order valence-electron chi connectivity index (χ2n) is 2.71. The maximum atomic E-state index is 10.4. The van der Waals surface area contributed by atoms with E-state index in [-0.39, 0.29) is 11.7 Å². The van der Waals surface area contributed by atoms with Crippen molar-refractivity contribution in [1.29, 1.82) is 0 Å². The number of nitrogens with zero attached hydrogens (tertiary/aromatic N) is 3. The average Bonchev–Trinajstić information content (AvgIpc) is 2.04. The van der Waals surface area contributed by atoms with Crippen molar-refractivity contribution in [2.45, 2.75) is 19.8 Å². The van der Waals surface area contributed by atoms with Crippen molar-refractivity contribution in [3.8, 4) is 0 Å². The molecule has 1 heterocycles. The van der Waals surface area contributed by atoms with Gasteiger partial charge in [-0.15, -0.1) is 0 Å². The Bertz CT molecular complexity index is 298. The summed E-state index contributed by atoms with van der Waals surface area (Å²) in [5.41, 5.74) is 0.572. The normalized spacial score (nSPS) is 10.2. The van der Waals surface area contributed by atoms with Crippen molar-refractivity contribution in [3.05, 3.63) is 28.2 Å². The molecule has 0 spiro atoms. The van der Waals surface area contributed by atoms with E-state index in [0.29, 0.717) is 5.56 Å². The van der Waals surface area contributed by atoms with Crippen molar-refractivity contribution in [3.63, 3.8) is 0 Å². The van der Waals surface area contributed by atoms with Gasteiger partial charge in [-0.25, -0.2) is 4.98 Å². The molecule has 0 saturated carbocycles. The van der Waals surface area contributed by atoms with Gasteiger partial charge in [-0.1, -0.05) is 13.8 Å². The van der Waals surface area contributed by atoms with Crippen molar-refractivity contribution >= 4 is 5.82 Å². The van der Waals surface area contributed by atoms with Crippen molar-refractivity contribution in [2.75, 3.05) is 0 Å². The van der Waals surface area contributed by atoms with Crippen LogP contribution in [-0.2, 0) is 0 Å². The molecule has 0 aromatic carbocycles. The van der Waals surface area contributed by atoms with E-state index in [4.69, 9.17) is 0 Å². The van der Waals surface area contributed by atoms with Crippen LogP contribution in [0.3, 0.4) is 0 Å². The molecular formula is C7H9N3O2. The highest BCUT2D eigenvalue weighted by Gasteiger charge is 2.16. The Morgan fingerprint density at radius 1 is 1.58 bits per heavy atom. The fourth-order valence-electron chi connectivity index (χ4n) is 0.894. The second-order valence-corrected chi connectivity index (χ2v) is 2.71. The minimum absolute atomic E-state index is 0.0756. The third-order valence-electron chi connectivity index (χ3n) is 1.51. The van der Waals surface area contributed by atoms with Gasteiger partial charge in [-0.3, -0.25) is 0 Å². The molecule has 64 valence electrons. The first kappa shape index (κ1) is 8.58. The molecule has 0 amide bonds. The maximum absolute atomic E-state index is 10.4. The molecule has 1 rings (SSSR count). The summed E-state index contributed by atoms with van der Waals surface area (Å²) in [6, 6.07) is 0. The van der Waals surface area contributed by atoms with E-state index in [2.05, 4.69) is 9.97 Å². The van der Waals surface area contributed by atoms with Crippen molar-refractivity contribution in [2.24, 2.45) is 0 Å². The molecule has 0 bridgehead atoms. The van der Waals surface area contributed by atoms with E-state index in [9.17, 15) is 10.1 Å². The third-order valence-corrected chi connectivity index (χ3v) is 1.51. The van der Waals surface area contributed by atoms with Gasteiger partial charge >= 0.3 is 5.82 Å². The van der Waals surface area contributed by atoms with Gasteiger partial charge in [0.25, 0.3) is 0 Å². The Labute approximate surface area is 69.6 Å².